The van der Waals surface area contributed by atoms with Crippen molar-refractivity contribution in [3.05, 3.63) is 35.7 Å². The van der Waals surface area contributed by atoms with E-state index in [-0.39, 0.29) is 0 Å². The third-order valence-corrected chi connectivity index (χ3v) is 3.71. The summed E-state index contributed by atoms with van der Waals surface area (Å²) in [4.78, 5) is 3.59. The zero-order valence-corrected chi connectivity index (χ0v) is 9.22. The molecule has 0 amide bonds. The van der Waals surface area contributed by atoms with Gasteiger partial charge >= 0.3 is 0 Å². The second-order valence-corrected chi connectivity index (χ2v) is 4.69. The van der Waals surface area contributed by atoms with Gasteiger partial charge in [0.25, 0.3) is 0 Å². The molecule has 1 aliphatic carbocycles. The minimum Gasteiger partial charge on any atom is -0.361 e. The van der Waals surface area contributed by atoms with Crippen LogP contribution in [0.25, 0.3) is 10.8 Å². The molecule has 0 radical (unpaired) electrons. The van der Waals surface area contributed by atoms with Crippen molar-refractivity contribution in [1.29, 1.82) is 0 Å². The molecule has 0 saturated heterocycles. The summed E-state index contributed by atoms with van der Waals surface area (Å²) in [5.74, 6) is 0.781. The minimum atomic E-state index is 0.781. The molecule has 1 N–H and O–H groups in total. The SMILES string of the molecule is Cc1[nH]c(C2CCCC2)c2ccccc12. The molecule has 3 rings (SSSR count). The van der Waals surface area contributed by atoms with Crippen molar-refractivity contribution in [3.63, 3.8) is 0 Å². The molecule has 15 heavy (non-hydrogen) atoms. The first-order chi connectivity index (χ1) is 7.36. The Labute approximate surface area is 90.5 Å². The first-order valence-electron chi connectivity index (χ1n) is 5.93. The summed E-state index contributed by atoms with van der Waals surface area (Å²) in [6.07, 6.45) is 5.53. The minimum absolute atomic E-state index is 0.781. The van der Waals surface area contributed by atoms with Gasteiger partial charge in [0.1, 0.15) is 0 Å². The van der Waals surface area contributed by atoms with Crippen molar-refractivity contribution >= 4 is 10.8 Å². The molecule has 1 aromatic carbocycles. The lowest BCUT2D eigenvalue weighted by Gasteiger charge is -2.07. The van der Waals surface area contributed by atoms with Crippen molar-refractivity contribution < 1.29 is 0 Å². The average molecular weight is 199 g/mol. The lowest BCUT2D eigenvalue weighted by atomic mass is 10.0. The summed E-state index contributed by atoms with van der Waals surface area (Å²) in [7, 11) is 0. The largest absolute Gasteiger partial charge is 0.361 e. The van der Waals surface area contributed by atoms with Gasteiger partial charge in [0.05, 0.1) is 0 Å². The molecular formula is C14H17N. The number of aromatic amines is 1. The number of aromatic nitrogens is 1. The lowest BCUT2D eigenvalue weighted by Crippen LogP contribution is -1.92. The molecule has 1 heterocycles. The van der Waals surface area contributed by atoms with Crippen LogP contribution in [0.1, 0.15) is 43.0 Å². The van der Waals surface area contributed by atoms with Crippen LogP contribution in [0.3, 0.4) is 0 Å². The van der Waals surface area contributed by atoms with Gasteiger partial charge in [-0.05, 0) is 25.7 Å². The highest BCUT2D eigenvalue weighted by Crippen LogP contribution is 2.37. The molecule has 1 heteroatoms. The van der Waals surface area contributed by atoms with E-state index < -0.39 is 0 Å². The van der Waals surface area contributed by atoms with Crippen LogP contribution in [0.5, 0.6) is 0 Å². The van der Waals surface area contributed by atoms with E-state index in [0.717, 1.165) is 5.92 Å². The van der Waals surface area contributed by atoms with Gasteiger partial charge in [0.2, 0.25) is 0 Å². The Morgan fingerprint density at radius 1 is 1.07 bits per heavy atom. The molecule has 1 aliphatic rings. The number of aryl methyl sites for hydroxylation is 1. The summed E-state index contributed by atoms with van der Waals surface area (Å²) in [5, 5.41) is 2.85. The number of H-pyrrole nitrogens is 1. The van der Waals surface area contributed by atoms with Crippen LogP contribution < -0.4 is 0 Å². The Bertz CT molecular complexity index is 475. The van der Waals surface area contributed by atoms with Gasteiger partial charge in [0.15, 0.2) is 0 Å². The van der Waals surface area contributed by atoms with E-state index in [2.05, 4.69) is 36.2 Å². The van der Waals surface area contributed by atoms with Gasteiger partial charge in [-0.2, -0.15) is 0 Å². The van der Waals surface area contributed by atoms with Crippen LogP contribution >= 0.6 is 0 Å². The van der Waals surface area contributed by atoms with E-state index in [1.807, 2.05) is 0 Å². The summed E-state index contributed by atoms with van der Waals surface area (Å²) in [6, 6.07) is 8.75. The normalized spacial score (nSPS) is 17.7. The van der Waals surface area contributed by atoms with Crippen LogP contribution in [0.15, 0.2) is 24.3 Å². The van der Waals surface area contributed by atoms with Gasteiger partial charge in [-0.15, -0.1) is 0 Å². The number of benzene rings is 1. The number of nitrogens with one attached hydrogen (secondary N) is 1. The predicted octanol–water partition coefficient (Wildman–Crippen LogP) is 4.13. The van der Waals surface area contributed by atoms with Crippen molar-refractivity contribution in [3.8, 4) is 0 Å². The Morgan fingerprint density at radius 2 is 1.73 bits per heavy atom. The Kier molecular flexibility index (Phi) is 2.05. The molecular weight excluding hydrogens is 182 g/mol. The monoisotopic (exact) mass is 199 g/mol. The van der Waals surface area contributed by atoms with Crippen LogP contribution in [-0.4, -0.2) is 4.98 Å². The number of hydrogen-bond acceptors (Lipinski definition) is 0. The fourth-order valence-electron chi connectivity index (χ4n) is 2.92. The molecule has 1 nitrogen and oxygen atoms in total. The Morgan fingerprint density at radius 3 is 2.47 bits per heavy atom. The molecule has 1 saturated carbocycles. The first-order valence-corrected chi connectivity index (χ1v) is 5.93. The van der Waals surface area contributed by atoms with Crippen LogP contribution in [0, 0.1) is 6.92 Å². The van der Waals surface area contributed by atoms with Crippen LogP contribution in [-0.2, 0) is 0 Å². The zero-order chi connectivity index (χ0) is 10.3. The van der Waals surface area contributed by atoms with E-state index in [4.69, 9.17) is 0 Å². The molecule has 0 atom stereocenters. The maximum Gasteiger partial charge on any atom is 0.0260 e. The van der Waals surface area contributed by atoms with E-state index in [1.54, 1.807) is 0 Å². The quantitative estimate of drug-likeness (QED) is 0.710. The van der Waals surface area contributed by atoms with E-state index in [0.29, 0.717) is 0 Å². The van der Waals surface area contributed by atoms with Gasteiger partial charge in [-0.25, -0.2) is 0 Å². The zero-order valence-electron chi connectivity index (χ0n) is 9.22. The summed E-state index contributed by atoms with van der Waals surface area (Å²) < 4.78 is 0. The Hall–Kier alpha value is -1.24. The lowest BCUT2D eigenvalue weighted by molar-refractivity contribution is 0.706. The van der Waals surface area contributed by atoms with Crippen molar-refractivity contribution in [2.75, 3.05) is 0 Å². The van der Waals surface area contributed by atoms with Gasteiger partial charge in [0, 0.05) is 22.2 Å². The maximum atomic E-state index is 3.59. The van der Waals surface area contributed by atoms with Gasteiger partial charge < -0.3 is 4.98 Å². The highest BCUT2D eigenvalue weighted by Gasteiger charge is 2.20. The second-order valence-electron chi connectivity index (χ2n) is 4.69. The van der Waals surface area contributed by atoms with Gasteiger partial charge in [-0.1, -0.05) is 37.1 Å². The highest BCUT2D eigenvalue weighted by atomic mass is 14.7. The molecule has 0 spiro atoms. The van der Waals surface area contributed by atoms with Crippen LogP contribution in [0.4, 0.5) is 0 Å². The Balaban J connectivity index is 2.17. The molecule has 1 aromatic heterocycles. The molecule has 0 unspecified atom stereocenters. The maximum absolute atomic E-state index is 3.59. The number of fused-ring (bicyclic) bond motifs is 1. The molecule has 0 bridgehead atoms. The molecule has 0 aliphatic heterocycles. The van der Waals surface area contributed by atoms with E-state index in [1.165, 1.54) is 47.8 Å². The fraction of sp³-hybridized carbons (Fsp3) is 0.429. The summed E-state index contributed by atoms with van der Waals surface area (Å²) in [6.45, 7) is 2.18. The highest BCUT2D eigenvalue weighted by molar-refractivity contribution is 5.88. The van der Waals surface area contributed by atoms with Crippen molar-refractivity contribution in [2.24, 2.45) is 0 Å². The predicted molar refractivity (Wildman–Crippen MR) is 64.2 cm³/mol. The number of hydrogen-bond donors (Lipinski definition) is 1. The molecule has 2 aromatic rings. The second kappa shape index (κ2) is 3.41. The topological polar surface area (TPSA) is 15.8 Å². The standard InChI is InChI=1S/C14H17N/c1-10-12-8-4-5-9-13(12)14(15-10)11-6-2-3-7-11/h4-5,8-9,11,15H,2-3,6-7H2,1H3. The molecule has 1 fully saturated rings. The third kappa shape index (κ3) is 1.38. The first kappa shape index (κ1) is 9.02. The molecule has 78 valence electrons. The fourth-order valence-corrected chi connectivity index (χ4v) is 2.92. The van der Waals surface area contributed by atoms with Crippen LogP contribution in [0.2, 0.25) is 0 Å². The summed E-state index contributed by atoms with van der Waals surface area (Å²) >= 11 is 0. The van der Waals surface area contributed by atoms with Gasteiger partial charge in [-0.3, -0.25) is 0 Å². The third-order valence-electron chi connectivity index (χ3n) is 3.71. The van der Waals surface area contributed by atoms with Crippen molar-refractivity contribution in [1.82, 2.24) is 4.98 Å². The van der Waals surface area contributed by atoms with E-state index in [9.17, 15) is 0 Å². The average Bonchev–Trinajstić information content (AvgIpc) is 2.87. The smallest absolute Gasteiger partial charge is 0.0260 e. The number of rotatable bonds is 1. The van der Waals surface area contributed by atoms with Crippen molar-refractivity contribution in [2.45, 2.75) is 38.5 Å². The van der Waals surface area contributed by atoms with E-state index >= 15 is 0 Å². The summed E-state index contributed by atoms with van der Waals surface area (Å²) in [5.41, 5.74) is 2.81.